The van der Waals surface area contributed by atoms with Gasteiger partial charge in [-0.2, -0.15) is 0 Å². The van der Waals surface area contributed by atoms with Crippen LogP contribution in [0.4, 0.5) is 0 Å². The Hall–Kier alpha value is -2.20. The fourth-order valence-corrected chi connectivity index (χ4v) is 2.86. The highest BCUT2D eigenvalue weighted by atomic mass is 32.2. The molecule has 2 aromatic heterocycles. The monoisotopic (exact) mass is 316 g/mol. The van der Waals surface area contributed by atoms with Gasteiger partial charge in [0, 0.05) is 5.92 Å². The molecular weight excluding hydrogens is 300 g/mol. The van der Waals surface area contributed by atoms with Gasteiger partial charge in [-0.05, 0) is 25.0 Å². The third-order valence-electron chi connectivity index (χ3n) is 3.30. The molecule has 3 rings (SSSR count). The van der Waals surface area contributed by atoms with Gasteiger partial charge >= 0.3 is 0 Å². The molecule has 0 spiro atoms. The summed E-state index contributed by atoms with van der Waals surface area (Å²) in [6.07, 6.45) is 9.05. The fraction of sp³-hybridized carbons (Fsp3) is 0.400. The van der Waals surface area contributed by atoms with E-state index in [9.17, 15) is 4.79 Å². The summed E-state index contributed by atoms with van der Waals surface area (Å²) >= 11 is 1.36. The van der Waals surface area contributed by atoms with E-state index in [0.717, 1.165) is 29.6 Å². The van der Waals surface area contributed by atoms with Crippen LogP contribution in [-0.2, 0) is 11.3 Å². The Labute approximate surface area is 132 Å². The van der Waals surface area contributed by atoms with Gasteiger partial charge in [-0.15, -0.1) is 16.6 Å². The van der Waals surface area contributed by atoms with Crippen LogP contribution in [0.2, 0.25) is 0 Å². The van der Waals surface area contributed by atoms with Crippen molar-refractivity contribution in [1.29, 1.82) is 0 Å². The van der Waals surface area contributed by atoms with Crippen molar-refractivity contribution in [3.63, 3.8) is 0 Å². The third kappa shape index (κ3) is 3.52. The fourth-order valence-electron chi connectivity index (χ4n) is 2.09. The normalized spacial score (nSPS) is 13.8. The maximum Gasteiger partial charge on any atom is 0.231 e. The summed E-state index contributed by atoms with van der Waals surface area (Å²) < 4.78 is 7.45. The third-order valence-corrected chi connectivity index (χ3v) is 4.27. The lowest BCUT2D eigenvalue weighted by molar-refractivity contribution is -0.118. The second-order valence-corrected chi connectivity index (χ2v) is 5.99. The molecule has 1 fully saturated rings. The van der Waals surface area contributed by atoms with E-state index in [1.807, 2.05) is 16.7 Å². The molecule has 0 unspecified atom stereocenters. The van der Waals surface area contributed by atoms with Crippen molar-refractivity contribution < 1.29 is 9.21 Å². The van der Waals surface area contributed by atoms with Gasteiger partial charge in [0.2, 0.25) is 5.91 Å². The molecule has 0 aliphatic heterocycles. The lowest BCUT2D eigenvalue weighted by Crippen LogP contribution is -2.25. The Bertz CT molecular complexity index is 683. The first-order valence-electron chi connectivity index (χ1n) is 7.06. The highest BCUT2D eigenvalue weighted by Crippen LogP contribution is 2.40. The summed E-state index contributed by atoms with van der Waals surface area (Å²) in [6.45, 7) is 0.825. The molecule has 0 atom stereocenters. The van der Waals surface area contributed by atoms with E-state index >= 15 is 0 Å². The van der Waals surface area contributed by atoms with Gasteiger partial charge in [-0.1, -0.05) is 17.7 Å². The number of terminal acetylenes is 1. The Balaban J connectivity index is 1.70. The minimum atomic E-state index is -0.108. The smallest absolute Gasteiger partial charge is 0.231 e. The lowest BCUT2D eigenvalue weighted by Gasteiger charge is -2.08. The van der Waals surface area contributed by atoms with Crippen molar-refractivity contribution in [3.05, 3.63) is 30.0 Å². The molecule has 114 valence electrons. The predicted octanol–water partition coefficient (Wildman–Crippen LogP) is 1.64. The first kappa shape index (κ1) is 14.7. The number of nitrogens with zero attached hydrogens (tertiary/aromatic N) is 3. The first-order valence-corrected chi connectivity index (χ1v) is 8.05. The number of carbonyl (C=O) groups is 1. The highest BCUT2D eigenvalue weighted by Gasteiger charge is 2.30. The SMILES string of the molecule is C#CCNC(=O)CSc1nnc(C2CC2)n1Cc1ccco1. The average molecular weight is 316 g/mol. The van der Waals surface area contributed by atoms with Gasteiger partial charge in [0.15, 0.2) is 5.16 Å². The van der Waals surface area contributed by atoms with Crippen molar-refractivity contribution >= 4 is 17.7 Å². The topological polar surface area (TPSA) is 73.0 Å². The number of thioether (sulfide) groups is 1. The number of rotatable bonds is 7. The molecule has 2 aromatic rings. The van der Waals surface area contributed by atoms with E-state index in [1.54, 1.807) is 6.26 Å². The van der Waals surface area contributed by atoms with Gasteiger partial charge in [-0.25, -0.2) is 0 Å². The van der Waals surface area contributed by atoms with Crippen LogP contribution < -0.4 is 5.32 Å². The summed E-state index contributed by atoms with van der Waals surface area (Å²) in [7, 11) is 0. The van der Waals surface area contributed by atoms with Gasteiger partial charge in [-0.3, -0.25) is 9.36 Å². The minimum absolute atomic E-state index is 0.108. The number of hydrogen-bond acceptors (Lipinski definition) is 5. The quantitative estimate of drug-likeness (QED) is 0.621. The number of amides is 1. The van der Waals surface area contributed by atoms with Crippen LogP contribution in [0.5, 0.6) is 0 Å². The molecule has 0 radical (unpaired) electrons. The Morgan fingerprint density at radius 2 is 2.41 bits per heavy atom. The van der Waals surface area contributed by atoms with Crippen molar-refractivity contribution in [1.82, 2.24) is 20.1 Å². The van der Waals surface area contributed by atoms with Gasteiger partial charge in [0.1, 0.15) is 11.6 Å². The molecule has 22 heavy (non-hydrogen) atoms. The van der Waals surface area contributed by atoms with Crippen LogP contribution in [0.1, 0.15) is 30.3 Å². The second kappa shape index (κ2) is 6.71. The summed E-state index contributed by atoms with van der Waals surface area (Å²) in [4.78, 5) is 11.7. The summed E-state index contributed by atoms with van der Waals surface area (Å²) in [5.74, 6) is 4.84. The molecule has 0 aromatic carbocycles. The van der Waals surface area contributed by atoms with Gasteiger partial charge in [0.25, 0.3) is 0 Å². The van der Waals surface area contributed by atoms with E-state index in [1.165, 1.54) is 11.8 Å². The van der Waals surface area contributed by atoms with Crippen molar-refractivity contribution in [3.8, 4) is 12.3 Å². The summed E-state index contributed by atoms with van der Waals surface area (Å²) in [6, 6.07) is 3.78. The maximum atomic E-state index is 11.7. The van der Waals surface area contributed by atoms with E-state index in [0.29, 0.717) is 12.5 Å². The molecule has 1 N–H and O–H groups in total. The van der Waals surface area contributed by atoms with E-state index in [4.69, 9.17) is 10.8 Å². The molecule has 1 aliphatic carbocycles. The van der Waals surface area contributed by atoms with Crippen LogP contribution in [0.3, 0.4) is 0 Å². The zero-order chi connectivity index (χ0) is 15.4. The number of nitrogens with one attached hydrogen (secondary N) is 1. The highest BCUT2D eigenvalue weighted by molar-refractivity contribution is 7.99. The zero-order valence-electron chi connectivity index (χ0n) is 12.0. The van der Waals surface area contributed by atoms with E-state index in [2.05, 4.69) is 21.4 Å². The summed E-state index contributed by atoms with van der Waals surface area (Å²) in [5, 5.41) is 11.9. The maximum absolute atomic E-state index is 11.7. The van der Waals surface area contributed by atoms with Crippen molar-refractivity contribution in [2.75, 3.05) is 12.3 Å². The predicted molar refractivity (Wildman–Crippen MR) is 82.4 cm³/mol. The largest absolute Gasteiger partial charge is 0.467 e. The van der Waals surface area contributed by atoms with Crippen LogP contribution in [0, 0.1) is 12.3 Å². The lowest BCUT2D eigenvalue weighted by atomic mass is 10.3. The van der Waals surface area contributed by atoms with Gasteiger partial charge < -0.3 is 9.73 Å². The number of carbonyl (C=O) groups excluding carboxylic acids is 1. The van der Waals surface area contributed by atoms with Crippen LogP contribution in [-0.4, -0.2) is 33.0 Å². The molecule has 7 heteroatoms. The second-order valence-electron chi connectivity index (χ2n) is 5.05. The van der Waals surface area contributed by atoms with E-state index in [-0.39, 0.29) is 18.2 Å². The Kier molecular flexibility index (Phi) is 4.49. The molecule has 0 bridgehead atoms. The molecule has 1 saturated carbocycles. The van der Waals surface area contributed by atoms with Crippen LogP contribution in [0.25, 0.3) is 0 Å². The molecule has 1 aliphatic rings. The molecule has 0 saturated heterocycles. The Morgan fingerprint density at radius 3 is 3.09 bits per heavy atom. The standard InChI is InChI=1S/C15H16N4O2S/c1-2-7-16-13(20)10-22-15-18-17-14(11-5-6-11)19(15)9-12-4-3-8-21-12/h1,3-4,8,11H,5-7,9-10H2,(H,16,20). The minimum Gasteiger partial charge on any atom is -0.467 e. The number of hydrogen-bond donors (Lipinski definition) is 1. The Morgan fingerprint density at radius 1 is 1.55 bits per heavy atom. The van der Waals surface area contributed by atoms with E-state index < -0.39 is 0 Å². The molecular formula is C15H16N4O2S. The molecule has 6 nitrogen and oxygen atoms in total. The van der Waals surface area contributed by atoms with Crippen molar-refractivity contribution in [2.45, 2.75) is 30.5 Å². The zero-order valence-corrected chi connectivity index (χ0v) is 12.8. The van der Waals surface area contributed by atoms with Gasteiger partial charge in [0.05, 0.1) is 25.1 Å². The number of aromatic nitrogens is 3. The van der Waals surface area contributed by atoms with Crippen molar-refractivity contribution in [2.24, 2.45) is 0 Å². The first-order chi connectivity index (χ1) is 10.8. The number of furan rings is 1. The molecule has 1 amide bonds. The average Bonchev–Trinajstić information content (AvgIpc) is 3.09. The summed E-state index contributed by atoms with van der Waals surface area (Å²) in [5.41, 5.74) is 0. The van der Waals surface area contributed by atoms with Crippen LogP contribution in [0.15, 0.2) is 28.0 Å². The van der Waals surface area contributed by atoms with Crippen LogP contribution >= 0.6 is 11.8 Å². The molecule has 2 heterocycles.